The van der Waals surface area contributed by atoms with Gasteiger partial charge in [0.05, 0.1) is 6.54 Å². The van der Waals surface area contributed by atoms with Crippen LogP contribution in [0.3, 0.4) is 0 Å². The molecule has 0 fully saturated rings. The van der Waals surface area contributed by atoms with E-state index in [4.69, 9.17) is 18.0 Å². The second-order valence-corrected chi connectivity index (χ2v) is 4.91. The number of aryl methyl sites for hydroxylation is 2. The third kappa shape index (κ3) is 3.01. The van der Waals surface area contributed by atoms with E-state index in [0.29, 0.717) is 12.1 Å². The Morgan fingerprint density at radius 3 is 2.70 bits per heavy atom. The summed E-state index contributed by atoms with van der Waals surface area (Å²) in [7, 11) is 0. The van der Waals surface area contributed by atoms with Crippen LogP contribution in [-0.4, -0.2) is 19.8 Å². The van der Waals surface area contributed by atoms with Crippen molar-refractivity contribution in [2.24, 2.45) is 5.73 Å². The van der Waals surface area contributed by atoms with Gasteiger partial charge in [0.25, 0.3) is 0 Å². The molecule has 0 atom stereocenters. The number of aromatic nitrogens is 3. The van der Waals surface area contributed by atoms with E-state index in [2.05, 4.69) is 10.1 Å². The van der Waals surface area contributed by atoms with Gasteiger partial charge in [-0.2, -0.15) is 5.10 Å². The summed E-state index contributed by atoms with van der Waals surface area (Å²) in [6.07, 6.45) is 1.54. The normalized spacial score (nSPS) is 10.8. The molecule has 0 aliphatic carbocycles. The number of nitrogens with two attached hydrogens (primary N) is 1. The van der Waals surface area contributed by atoms with E-state index < -0.39 is 0 Å². The highest BCUT2D eigenvalue weighted by atomic mass is 32.1. The van der Waals surface area contributed by atoms with Crippen LogP contribution in [0.5, 0.6) is 0 Å². The first-order chi connectivity index (χ1) is 9.55. The Morgan fingerprint density at radius 1 is 1.35 bits per heavy atom. The summed E-state index contributed by atoms with van der Waals surface area (Å²) in [4.78, 5) is 4.69. The predicted octanol–water partition coefficient (Wildman–Crippen LogP) is 2.22. The quantitative estimate of drug-likeness (QED) is 0.859. The van der Waals surface area contributed by atoms with Crippen molar-refractivity contribution in [1.82, 2.24) is 14.8 Å². The SMILES string of the molecule is CCc1nc(CC)n(Cc2cc(F)ccc2C(N)=S)n1. The summed E-state index contributed by atoms with van der Waals surface area (Å²) in [5.74, 6) is 1.35. The highest BCUT2D eigenvalue weighted by Crippen LogP contribution is 2.14. The van der Waals surface area contributed by atoms with E-state index in [-0.39, 0.29) is 10.8 Å². The standard InChI is InChI=1S/C14H17FN4S/c1-3-12-17-13(4-2)19(18-12)8-9-7-10(15)5-6-11(9)14(16)20/h5-7H,3-4,8H2,1-2H3,(H2,16,20). The van der Waals surface area contributed by atoms with Crippen LogP contribution in [0.25, 0.3) is 0 Å². The average molecular weight is 292 g/mol. The molecular formula is C14H17FN4S. The lowest BCUT2D eigenvalue weighted by atomic mass is 10.1. The molecule has 0 radical (unpaired) electrons. The molecule has 0 aliphatic rings. The molecule has 1 aromatic heterocycles. The molecule has 106 valence electrons. The maximum Gasteiger partial charge on any atom is 0.150 e. The van der Waals surface area contributed by atoms with E-state index >= 15 is 0 Å². The molecule has 2 rings (SSSR count). The van der Waals surface area contributed by atoms with Crippen LogP contribution in [0.15, 0.2) is 18.2 Å². The van der Waals surface area contributed by atoms with Gasteiger partial charge in [-0.3, -0.25) is 0 Å². The van der Waals surface area contributed by atoms with Gasteiger partial charge in [0.2, 0.25) is 0 Å². The van der Waals surface area contributed by atoms with Crippen LogP contribution >= 0.6 is 12.2 Å². The van der Waals surface area contributed by atoms with Gasteiger partial charge in [-0.15, -0.1) is 0 Å². The zero-order valence-corrected chi connectivity index (χ0v) is 12.4. The molecule has 0 aliphatic heterocycles. The van der Waals surface area contributed by atoms with Crippen molar-refractivity contribution in [1.29, 1.82) is 0 Å². The second-order valence-electron chi connectivity index (χ2n) is 4.47. The predicted molar refractivity (Wildman–Crippen MR) is 80.2 cm³/mol. The number of hydrogen-bond donors (Lipinski definition) is 1. The van der Waals surface area contributed by atoms with Crippen LogP contribution in [0, 0.1) is 5.82 Å². The van der Waals surface area contributed by atoms with Gasteiger partial charge in [-0.25, -0.2) is 14.1 Å². The number of rotatable bonds is 5. The van der Waals surface area contributed by atoms with Gasteiger partial charge in [-0.05, 0) is 23.8 Å². The summed E-state index contributed by atoms with van der Waals surface area (Å²) in [6.45, 7) is 4.43. The molecular weight excluding hydrogens is 275 g/mol. The van der Waals surface area contributed by atoms with Gasteiger partial charge < -0.3 is 5.73 Å². The number of benzene rings is 1. The fourth-order valence-corrected chi connectivity index (χ4v) is 2.26. The first-order valence-electron chi connectivity index (χ1n) is 6.56. The first kappa shape index (κ1) is 14.6. The Hall–Kier alpha value is -1.82. The molecule has 6 heteroatoms. The van der Waals surface area contributed by atoms with Crippen molar-refractivity contribution in [3.8, 4) is 0 Å². The highest BCUT2D eigenvalue weighted by molar-refractivity contribution is 7.80. The maximum absolute atomic E-state index is 13.4. The highest BCUT2D eigenvalue weighted by Gasteiger charge is 2.12. The molecule has 0 saturated carbocycles. The summed E-state index contributed by atoms with van der Waals surface area (Å²) in [5, 5.41) is 4.42. The summed E-state index contributed by atoms with van der Waals surface area (Å²) < 4.78 is 15.2. The number of nitrogens with zero attached hydrogens (tertiary/aromatic N) is 3. The number of halogens is 1. The smallest absolute Gasteiger partial charge is 0.150 e. The lowest BCUT2D eigenvalue weighted by molar-refractivity contribution is 0.610. The fourth-order valence-electron chi connectivity index (χ4n) is 2.06. The lowest BCUT2D eigenvalue weighted by Gasteiger charge is -2.10. The van der Waals surface area contributed by atoms with Crippen LogP contribution in [0.1, 0.15) is 36.6 Å². The van der Waals surface area contributed by atoms with Crippen LogP contribution < -0.4 is 5.73 Å². The van der Waals surface area contributed by atoms with Gasteiger partial charge in [0.1, 0.15) is 16.6 Å². The van der Waals surface area contributed by atoms with Gasteiger partial charge >= 0.3 is 0 Å². The van der Waals surface area contributed by atoms with E-state index in [1.807, 2.05) is 13.8 Å². The van der Waals surface area contributed by atoms with Gasteiger partial charge in [-0.1, -0.05) is 26.1 Å². The van der Waals surface area contributed by atoms with Crippen molar-refractivity contribution in [3.63, 3.8) is 0 Å². The number of hydrogen-bond acceptors (Lipinski definition) is 3. The molecule has 0 amide bonds. The minimum absolute atomic E-state index is 0.258. The van der Waals surface area contributed by atoms with Crippen molar-refractivity contribution in [2.45, 2.75) is 33.2 Å². The molecule has 20 heavy (non-hydrogen) atoms. The Kier molecular flexibility index (Phi) is 4.44. The Morgan fingerprint density at radius 2 is 2.10 bits per heavy atom. The third-order valence-corrected chi connectivity index (χ3v) is 3.30. The van der Waals surface area contributed by atoms with Crippen molar-refractivity contribution < 1.29 is 4.39 Å². The Labute approximate surface area is 122 Å². The molecule has 1 aromatic carbocycles. The maximum atomic E-state index is 13.4. The molecule has 0 spiro atoms. The van der Waals surface area contributed by atoms with Crippen LogP contribution in [-0.2, 0) is 19.4 Å². The molecule has 0 bridgehead atoms. The summed E-state index contributed by atoms with van der Waals surface area (Å²) >= 11 is 5.01. The molecule has 0 saturated heterocycles. The molecule has 2 N–H and O–H groups in total. The summed E-state index contributed by atoms with van der Waals surface area (Å²) in [5.41, 5.74) is 7.08. The molecule has 4 nitrogen and oxygen atoms in total. The van der Waals surface area contributed by atoms with Crippen molar-refractivity contribution in [3.05, 3.63) is 46.8 Å². The van der Waals surface area contributed by atoms with E-state index in [9.17, 15) is 4.39 Å². The lowest BCUT2D eigenvalue weighted by Crippen LogP contribution is -2.16. The minimum atomic E-state index is -0.311. The first-order valence-corrected chi connectivity index (χ1v) is 6.96. The zero-order valence-electron chi connectivity index (χ0n) is 11.6. The van der Waals surface area contributed by atoms with Gasteiger partial charge in [0.15, 0.2) is 5.82 Å². The van der Waals surface area contributed by atoms with Crippen molar-refractivity contribution in [2.75, 3.05) is 0 Å². The third-order valence-electron chi connectivity index (χ3n) is 3.08. The van der Waals surface area contributed by atoms with E-state index in [0.717, 1.165) is 30.1 Å². The molecule has 2 aromatic rings. The Bertz CT molecular complexity index is 636. The number of thiocarbonyl (C=S) groups is 1. The van der Waals surface area contributed by atoms with Crippen LogP contribution in [0.2, 0.25) is 0 Å². The topological polar surface area (TPSA) is 56.7 Å². The average Bonchev–Trinajstić information content (AvgIpc) is 2.80. The Balaban J connectivity index is 2.41. The molecule has 1 heterocycles. The van der Waals surface area contributed by atoms with Crippen LogP contribution in [0.4, 0.5) is 4.39 Å². The molecule has 0 unspecified atom stereocenters. The summed E-state index contributed by atoms with van der Waals surface area (Å²) in [6, 6.07) is 4.41. The second kappa shape index (κ2) is 6.09. The zero-order chi connectivity index (χ0) is 14.7. The van der Waals surface area contributed by atoms with Crippen molar-refractivity contribution >= 4 is 17.2 Å². The van der Waals surface area contributed by atoms with E-state index in [1.165, 1.54) is 12.1 Å². The largest absolute Gasteiger partial charge is 0.389 e. The van der Waals surface area contributed by atoms with Gasteiger partial charge in [0, 0.05) is 18.4 Å². The van der Waals surface area contributed by atoms with E-state index in [1.54, 1.807) is 10.7 Å². The fraction of sp³-hybridized carbons (Fsp3) is 0.357. The monoisotopic (exact) mass is 292 g/mol. The minimum Gasteiger partial charge on any atom is -0.389 e.